The molecule has 1 N–H and O–H groups in total. The number of hydrogen-bond donors (Lipinski definition) is 1. The molecule has 5 aromatic rings. The molecule has 2 heterocycles. The van der Waals surface area contributed by atoms with Crippen LogP contribution in [0.15, 0.2) is 91.4 Å². The fraction of sp³-hybridized carbons (Fsp3) is 0.0769. The van der Waals surface area contributed by atoms with Crippen molar-refractivity contribution in [1.29, 1.82) is 0 Å². The molecule has 0 aliphatic rings. The summed E-state index contributed by atoms with van der Waals surface area (Å²) in [5.41, 5.74) is 6.22. The van der Waals surface area contributed by atoms with E-state index in [9.17, 15) is 0 Å². The highest BCUT2D eigenvalue weighted by atomic mass is 16.5. The Hall–Kier alpha value is -4.12. The van der Waals surface area contributed by atoms with Crippen molar-refractivity contribution in [2.45, 2.75) is 6.92 Å². The zero-order valence-corrected chi connectivity index (χ0v) is 17.4. The van der Waals surface area contributed by atoms with Gasteiger partial charge in [-0.05, 0) is 36.8 Å². The number of aryl methyl sites for hydroxylation is 1. The van der Waals surface area contributed by atoms with E-state index in [2.05, 4.69) is 69.4 Å². The van der Waals surface area contributed by atoms with Crippen LogP contribution in [0.5, 0.6) is 5.75 Å². The molecule has 5 nitrogen and oxygen atoms in total. The van der Waals surface area contributed by atoms with Gasteiger partial charge in [0.05, 0.1) is 12.5 Å². The number of ether oxygens (including phenoxy) is 1. The van der Waals surface area contributed by atoms with Crippen LogP contribution < -0.4 is 10.1 Å². The van der Waals surface area contributed by atoms with E-state index in [1.54, 1.807) is 13.4 Å². The summed E-state index contributed by atoms with van der Waals surface area (Å²) < 4.78 is 7.49. The van der Waals surface area contributed by atoms with E-state index in [1.165, 1.54) is 5.56 Å². The zero-order chi connectivity index (χ0) is 21.2. The summed E-state index contributed by atoms with van der Waals surface area (Å²) in [5.74, 6) is 1.54. The van der Waals surface area contributed by atoms with Crippen LogP contribution >= 0.6 is 0 Å². The molecule has 0 radical (unpaired) electrons. The molecule has 0 aliphatic carbocycles. The van der Waals surface area contributed by atoms with Crippen LogP contribution in [0.1, 0.15) is 5.56 Å². The first-order valence-corrected chi connectivity index (χ1v) is 10.1. The molecule has 5 rings (SSSR count). The zero-order valence-electron chi connectivity index (χ0n) is 17.4. The Bertz CT molecular complexity index is 1340. The lowest BCUT2D eigenvalue weighted by molar-refractivity contribution is 0.415. The molecular formula is C26H22N4O. The SMILES string of the molecule is COc1cccc(Nc2ncnc3c2c(-c2ccccc2)cn3-c2ccc(C)cc2)c1. The lowest BCUT2D eigenvalue weighted by Gasteiger charge is -2.10. The van der Waals surface area contributed by atoms with E-state index in [4.69, 9.17) is 4.74 Å². The van der Waals surface area contributed by atoms with Crippen molar-refractivity contribution < 1.29 is 4.74 Å². The van der Waals surface area contributed by atoms with E-state index in [-0.39, 0.29) is 0 Å². The van der Waals surface area contributed by atoms with Crippen molar-refractivity contribution in [3.8, 4) is 22.6 Å². The maximum absolute atomic E-state index is 5.37. The van der Waals surface area contributed by atoms with E-state index in [0.717, 1.165) is 45.1 Å². The molecule has 31 heavy (non-hydrogen) atoms. The van der Waals surface area contributed by atoms with Gasteiger partial charge in [0.2, 0.25) is 0 Å². The van der Waals surface area contributed by atoms with Crippen LogP contribution in [0.3, 0.4) is 0 Å². The normalized spacial score (nSPS) is 10.9. The number of nitrogens with one attached hydrogen (secondary N) is 1. The smallest absolute Gasteiger partial charge is 0.150 e. The van der Waals surface area contributed by atoms with Crippen molar-refractivity contribution in [2.24, 2.45) is 0 Å². The Labute approximate surface area is 181 Å². The fourth-order valence-electron chi connectivity index (χ4n) is 3.73. The van der Waals surface area contributed by atoms with Crippen molar-refractivity contribution in [1.82, 2.24) is 14.5 Å². The van der Waals surface area contributed by atoms with Crippen LogP contribution in [0, 0.1) is 6.92 Å². The average molecular weight is 406 g/mol. The minimum Gasteiger partial charge on any atom is -0.497 e. The standard InChI is InChI=1S/C26H22N4O/c1-18-11-13-21(14-12-18)30-16-23(19-7-4-3-5-8-19)24-25(27-17-28-26(24)30)29-20-9-6-10-22(15-20)31-2/h3-17H,1-2H3,(H,27,28,29). The number of aromatic nitrogens is 3. The lowest BCUT2D eigenvalue weighted by Crippen LogP contribution is -1.98. The average Bonchev–Trinajstić information content (AvgIpc) is 3.21. The Morgan fingerprint density at radius 3 is 2.45 bits per heavy atom. The summed E-state index contributed by atoms with van der Waals surface area (Å²) >= 11 is 0. The second-order valence-electron chi connectivity index (χ2n) is 7.39. The van der Waals surface area contributed by atoms with Gasteiger partial charge in [0.25, 0.3) is 0 Å². The van der Waals surface area contributed by atoms with Gasteiger partial charge >= 0.3 is 0 Å². The molecule has 0 aliphatic heterocycles. The number of nitrogens with zero attached hydrogens (tertiary/aromatic N) is 3. The van der Waals surface area contributed by atoms with E-state index in [1.807, 2.05) is 42.5 Å². The van der Waals surface area contributed by atoms with Gasteiger partial charge in [-0.2, -0.15) is 0 Å². The Morgan fingerprint density at radius 2 is 1.68 bits per heavy atom. The van der Waals surface area contributed by atoms with Gasteiger partial charge in [-0.25, -0.2) is 9.97 Å². The number of methoxy groups -OCH3 is 1. The van der Waals surface area contributed by atoms with Crippen LogP contribution in [0.25, 0.3) is 27.8 Å². The minimum absolute atomic E-state index is 0.753. The summed E-state index contributed by atoms with van der Waals surface area (Å²) in [6.45, 7) is 2.09. The third kappa shape index (κ3) is 3.62. The van der Waals surface area contributed by atoms with Gasteiger partial charge in [-0.15, -0.1) is 0 Å². The molecule has 0 atom stereocenters. The molecule has 3 aromatic carbocycles. The summed E-state index contributed by atoms with van der Waals surface area (Å²) in [5, 5.41) is 4.43. The fourth-order valence-corrected chi connectivity index (χ4v) is 3.73. The molecule has 152 valence electrons. The van der Waals surface area contributed by atoms with Gasteiger partial charge in [-0.3, -0.25) is 0 Å². The van der Waals surface area contributed by atoms with Crippen molar-refractivity contribution in [3.05, 3.63) is 97.0 Å². The Morgan fingerprint density at radius 1 is 0.871 bits per heavy atom. The molecule has 5 heteroatoms. The van der Waals surface area contributed by atoms with Gasteiger partial charge < -0.3 is 14.6 Å². The highest BCUT2D eigenvalue weighted by molar-refractivity contribution is 6.03. The topological polar surface area (TPSA) is 52.0 Å². The lowest BCUT2D eigenvalue weighted by atomic mass is 10.1. The first-order valence-electron chi connectivity index (χ1n) is 10.1. The number of fused-ring (bicyclic) bond motifs is 1. The largest absolute Gasteiger partial charge is 0.497 e. The maximum atomic E-state index is 5.37. The number of hydrogen-bond acceptors (Lipinski definition) is 4. The molecule has 0 amide bonds. The van der Waals surface area contributed by atoms with Gasteiger partial charge in [-0.1, -0.05) is 54.1 Å². The second kappa shape index (κ2) is 7.95. The molecule has 0 unspecified atom stereocenters. The molecular weight excluding hydrogens is 384 g/mol. The molecule has 0 bridgehead atoms. The summed E-state index contributed by atoms with van der Waals surface area (Å²) in [6, 6.07) is 26.6. The van der Waals surface area contributed by atoms with Crippen molar-refractivity contribution in [2.75, 3.05) is 12.4 Å². The highest BCUT2D eigenvalue weighted by Crippen LogP contribution is 2.36. The summed E-state index contributed by atoms with van der Waals surface area (Å²) in [6.07, 6.45) is 3.74. The molecule has 2 aromatic heterocycles. The number of anilines is 2. The van der Waals surface area contributed by atoms with E-state index < -0.39 is 0 Å². The second-order valence-corrected chi connectivity index (χ2v) is 7.39. The van der Waals surface area contributed by atoms with E-state index in [0.29, 0.717) is 0 Å². The quantitative estimate of drug-likeness (QED) is 0.380. The number of benzene rings is 3. The predicted molar refractivity (Wildman–Crippen MR) is 125 cm³/mol. The third-order valence-electron chi connectivity index (χ3n) is 5.31. The van der Waals surface area contributed by atoms with E-state index >= 15 is 0 Å². The molecule has 0 spiro atoms. The van der Waals surface area contributed by atoms with Crippen LogP contribution in [0.2, 0.25) is 0 Å². The first-order chi connectivity index (χ1) is 15.2. The Kier molecular flexibility index (Phi) is 4.84. The third-order valence-corrected chi connectivity index (χ3v) is 5.31. The first kappa shape index (κ1) is 18.9. The monoisotopic (exact) mass is 406 g/mol. The van der Waals surface area contributed by atoms with Gasteiger partial charge in [0.15, 0.2) is 5.65 Å². The van der Waals surface area contributed by atoms with Crippen molar-refractivity contribution in [3.63, 3.8) is 0 Å². The van der Waals surface area contributed by atoms with Gasteiger partial charge in [0.1, 0.15) is 17.9 Å². The number of rotatable bonds is 5. The van der Waals surface area contributed by atoms with Crippen molar-refractivity contribution >= 4 is 22.5 Å². The summed E-state index contributed by atoms with van der Waals surface area (Å²) in [7, 11) is 1.66. The van der Waals surface area contributed by atoms with Crippen LogP contribution in [-0.4, -0.2) is 21.6 Å². The predicted octanol–water partition coefficient (Wildman–Crippen LogP) is 6.15. The molecule has 0 fully saturated rings. The van der Waals surface area contributed by atoms with Crippen LogP contribution in [-0.2, 0) is 0 Å². The highest BCUT2D eigenvalue weighted by Gasteiger charge is 2.17. The Balaban J connectivity index is 1.72. The van der Waals surface area contributed by atoms with Gasteiger partial charge in [0, 0.05) is 29.2 Å². The van der Waals surface area contributed by atoms with Crippen LogP contribution in [0.4, 0.5) is 11.5 Å². The molecule has 0 saturated carbocycles. The minimum atomic E-state index is 0.753. The maximum Gasteiger partial charge on any atom is 0.150 e. The molecule has 0 saturated heterocycles. The summed E-state index contributed by atoms with van der Waals surface area (Å²) in [4.78, 5) is 9.24.